The van der Waals surface area contributed by atoms with E-state index in [1.807, 2.05) is 12.3 Å². The molecule has 0 radical (unpaired) electrons. The van der Waals surface area contributed by atoms with Crippen LogP contribution in [0.4, 0.5) is 0 Å². The van der Waals surface area contributed by atoms with Gasteiger partial charge in [-0.15, -0.1) is 23.7 Å². The lowest BCUT2D eigenvalue weighted by molar-refractivity contribution is 0.214. The molecule has 1 unspecified atom stereocenters. The van der Waals surface area contributed by atoms with Crippen molar-refractivity contribution in [2.45, 2.75) is 38.8 Å². The maximum Gasteiger partial charge on any atom is 0.259 e. The van der Waals surface area contributed by atoms with Crippen LogP contribution < -0.4 is 10.9 Å². The molecule has 1 aliphatic heterocycles. The monoisotopic (exact) mass is 342 g/mol. The van der Waals surface area contributed by atoms with Gasteiger partial charge in [-0.1, -0.05) is 0 Å². The molecular formula is C15H23ClN4OS. The Hall–Kier alpha value is -0.950. The first kappa shape index (κ1) is 17.4. The largest absolute Gasteiger partial charge is 0.317 e. The number of halogens is 1. The van der Waals surface area contributed by atoms with Gasteiger partial charge in [0.1, 0.15) is 0 Å². The summed E-state index contributed by atoms with van der Waals surface area (Å²) in [6, 6.07) is 2.25. The minimum absolute atomic E-state index is 0. The summed E-state index contributed by atoms with van der Waals surface area (Å²) < 4.78 is 1.68. The van der Waals surface area contributed by atoms with Gasteiger partial charge >= 0.3 is 0 Å². The first-order valence-corrected chi connectivity index (χ1v) is 8.41. The molecule has 0 bridgehead atoms. The van der Waals surface area contributed by atoms with Gasteiger partial charge in [0, 0.05) is 29.7 Å². The summed E-state index contributed by atoms with van der Waals surface area (Å²) >= 11 is 1.53. The fourth-order valence-electron chi connectivity index (χ4n) is 3.01. The van der Waals surface area contributed by atoms with Crippen molar-refractivity contribution in [2.24, 2.45) is 0 Å². The van der Waals surface area contributed by atoms with E-state index < -0.39 is 0 Å². The molecule has 1 N–H and O–H groups in total. The number of aryl methyl sites for hydroxylation is 1. The Morgan fingerprint density at radius 1 is 1.45 bits per heavy atom. The second-order valence-electron chi connectivity index (χ2n) is 5.83. The van der Waals surface area contributed by atoms with E-state index in [4.69, 9.17) is 0 Å². The number of fused-ring (bicyclic) bond motifs is 1. The highest BCUT2D eigenvalue weighted by Crippen LogP contribution is 2.16. The Labute approximate surface area is 140 Å². The number of hydrogen-bond acceptors (Lipinski definition) is 5. The van der Waals surface area contributed by atoms with E-state index in [0.29, 0.717) is 6.04 Å². The van der Waals surface area contributed by atoms with Gasteiger partial charge in [0.15, 0.2) is 4.96 Å². The second-order valence-corrected chi connectivity index (χ2v) is 6.67. The Bertz CT molecular complexity index is 676. The summed E-state index contributed by atoms with van der Waals surface area (Å²) in [6.45, 7) is 4.88. The van der Waals surface area contributed by atoms with Crippen molar-refractivity contribution in [1.82, 2.24) is 19.6 Å². The number of aromatic nitrogens is 2. The number of hydrogen-bond donors (Lipinski definition) is 1. The van der Waals surface area contributed by atoms with Gasteiger partial charge in [-0.05, 0) is 46.3 Å². The molecule has 3 heterocycles. The first-order chi connectivity index (χ1) is 10.1. The zero-order valence-corrected chi connectivity index (χ0v) is 14.7. The van der Waals surface area contributed by atoms with Crippen molar-refractivity contribution in [3.63, 3.8) is 0 Å². The van der Waals surface area contributed by atoms with Crippen LogP contribution in [-0.2, 0) is 6.54 Å². The van der Waals surface area contributed by atoms with E-state index in [1.165, 1.54) is 24.2 Å². The normalized spacial score (nSPS) is 19.1. The molecular weight excluding hydrogens is 320 g/mol. The molecule has 5 nitrogen and oxygen atoms in total. The van der Waals surface area contributed by atoms with Gasteiger partial charge in [0.2, 0.25) is 0 Å². The van der Waals surface area contributed by atoms with Gasteiger partial charge in [-0.3, -0.25) is 14.1 Å². The molecule has 1 fully saturated rings. The van der Waals surface area contributed by atoms with Crippen LogP contribution >= 0.6 is 23.7 Å². The predicted octanol–water partition coefficient (Wildman–Crippen LogP) is 2.06. The lowest BCUT2D eigenvalue weighted by Gasteiger charge is -2.26. The zero-order valence-electron chi connectivity index (χ0n) is 13.0. The summed E-state index contributed by atoms with van der Waals surface area (Å²) in [6.07, 6.45) is 3.59. The van der Waals surface area contributed by atoms with E-state index in [0.717, 1.165) is 42.4 Å². The second kappa shape index (κ2) is 7.55. The summed E-state index contributed by atoms with van der Waals surface area (Å²) in [5, 5.41) is 5.42. The molecule has 22 heavy (non-hydrogen) atoms. The Kier molecular flexibility index (Phi) is 5.97. The average molecular weight is 343 g/mol. The molecule has 7 heteroatoms. The summed E-state index contributed by atoms with van der Waals surface area (Å²) in [7, 11) is 2.14. The average Bonchev–Trinajstić information content (AvgIpc) is 2.66. The van der Waals surface area contributed by atoms with Crippen LogP contribution in [0.25, 0.3) is 4.96 Å². The molecule has 1 aliphatic rings. The molecule has 0 spiro atoms. The van der Waals surface area contributed by atoms with E-state index in [1.54, 1.807) is 10.5 Å². The molecule has 3 rings (SSSR count). The van der Waals surface area contributed by atoms with E-state index in [-0.39, 0.29) is 18.0 Å². The number of nitrogens with one attached hydrogen (secondary N) is 1. The maximum absolute atomic E-state index is 12.2. The lowest BCUT2D eigenvalue weighted by Crippen LogP contribution is -2.32. The van der Waals surface area contributed by atoms with Crippen LogP contribution in [-0.4, -0.2) is 40.5 Å². The minimum Gasteiger partial charge on any atom is -0.317 e. The number of rotatable bonds is 3. The molecule has 0 aliphatic carbocycles. The molecule has 122 valence electrons. The van der Waals surface area contributed by atoms with Gasteiger partial charge in [-0.25, -0.2) is 4.98 Å². The fourth-order valence-corrected chi connectivity index (χ4v) is 3.90. The standard InChI is InChI=1S/C15H22N4OS.ClH/c1-11-10-21-15-17-12(8-14(20)19(11)15)9-18(2)13-4-3-6-16-7-5-13;/h8,10,13,16H,3-7,9H2,1-2H3;1H. The third kappa shape index (κ3) is 3.68. The molecule has 1 atom stereocenters. The van der Waals surface area contributed by atoms with Gasteiger partial charge in [-0.2, -0.15) is 0 Å². The van der Waals surface area contributed by atoms with Gasteiger partial charge in [0.05, 0.1) is 5.69 Å². The van der Waals surface area contributed by atoms with Gasteiger partial charge in [0.25, 0.3) is 5.56 Å². The molecule has 0 aromatic carbocycles. The first-order valence-electron chi connectivity index (χ1n) is 7.53. The summed E-state index contributed by atoms with van der Waals surface area (Å²) in [4.78, 5) is 20.0. The molecule has 0 amide bonds. The molecule has 1 saturated heterocycles. The maximum atomic E-state index is 12.2. The van der Waals surface area contributed by atoms with Crippen molar-refractivity contribution in [2.75, 3.05) is 20.1 Å². The van der Waals surface area contributed by atoms with Crippen molar-refractivity contribution in [3.8, 4) is 0 Å². The third-order valence-electron chi connectivity index (χ3n) is 4.21. The van der Waals surface area contributed by atoms with Gasteiger partial charge < -0.3 is 5.32 Å². The van der Waals surface area contributed by atoms with Crippen molar-refractivity contribution in [3.05, 3.63) is 33.2 Å². The zero-order chi connectivity index (χ0) is 14.8. The molecule has 2 aromatic rings. The van der Waals surface area contributed by atoms with Crippen LogP contribution in [0.15, 0.2) is 16.2 Å². The number of thiazole rings is 1. The van der Waals surface area contributed by atoms with Crippen LogP contribution in [0, 0.1) is 6.92 Å². The topological polar surface area (TPSA) is 49.6 Å². The van der Waals surface area contributed by atoms with Crippen LogP contribution in [0.1, 0.15) is 30.7 Å². The molecule has 2 aromatic heterocycles. The fraction of sp³-hybridized carbons (Fsp3) is 0.600. The Morgan fingerprint density at radius 3 is 3.09 bits per heavy atom. The molecule has 0 saturated carbocycles. The van der Waals surface area contributed by atoms with E-state index >= 15 is 0 Å². The predicted molar refractivity (Wildman–Crippen MR) is 93.3 cm³/mol. The SMILES string of the molecule is Cc1csc2nc(CN(C)C3CCCNCC3)cc(=O)n12.Cl. The van der Waals surface area contributed by atoms with Crippen LogP contribution in [0.5, 0.6) is 0 Å². The third-order valence-corrected chi connectivity index (χ3v) is 5.15. The summed E-state index contributed by atoms with van der Waals surface area (Å²) in [5.74, 6) is 0. The van der Waals surface area contributed by atoms with Crippen molar-refractivity contribution >= 4 is 28.7 Å². The lowest BCUT2D eigenvalue weighted by atomic mass is 10.1. The smallest absolute Gasteiger partial charge is 0.259 e. The highest BCUT2D eigenvalue weighted by molar-refractivity contribution is 7.15. The Morgan fingerprint density at radius 2 is 2.27 bits per heavy atom. The minimum atomic E-state index is 0. The van der Waals surface area contributed by atoms with Crippen molar-refractivity contribution in [1.29, 1.82) is 0 Å². The van der Waals surface area contributed by atoms with Crippen LogP contribution in [0.3, 0.4) is 0 Å². The van der Waals surface area contributed by atoms with Crippen molar-refractivity contribution < 1.29 is 0 Å². The highest BCUT2D eigenvalue weighted by atomic mass is 35.5. The highest BCUT2D eigenvalue weighted by Gasteiger charge is 2.18. The van der Waals surface area contributed by atoms with Crippen LogP contribution in [0.2, 0.25) is 0 Å². The number of nitrogens with zero attached hydrogens (tertiary/aromatic N) is 3. The summed E-state index contributed by atoms with van der Waals surface area (Å²) in [5.41, 5.74) is 1.87. The van der Waals surface area contributed by atoms with E-state index in [2.05, 4.69) is 22.2 Å². The van der Waals surface area contributed by atoms with E-state index in [9.17, 15) is 4.79 Å². The Balaban J connectivity index is 0.00000176. The quantitative estimate of drug-likeness (QED) is 0.927.